The molecule has 0 unspecified atom stereocenters. The second-order valence-corrected chi connectivity index (χ2v) is 15.7. The van der Waals surface area contributed by atoms with Crippen LogP contribution < -0.4 is 10.3 Å². The molecule has 0 fully saturated rings. The van der Waals surface area contributed by atoms with Gasteiger partial charge in [0.15, 0.2) is 0 Å². The number of rotatable bonds is 9. The number of fused-ring (bicyclic) bond motifs is 4. The van der Waals surface area contributed by atoms with Gasteiger partial charge < -0.3 is 4.90 Å². The largest absolute Gasteiger partial charge is 0.310 e. The van der Waals surface area contributed by atoms with Gasteiger partial charge in [-0.1, -0.05) is 190 Å². The summed E-state index contributed by atoms with van der Waals surface area (Å²) in [6.45, 7) is 4.69. The number of hydrogen-bond donors (Lipinski definition) is 1. The fourth-order valence-electron chi connectivity index (χ4n) is 8.77. The second-order valence-electron chi connectivity index (χ2n) is 15.7. The van der Waals surface area contributed by atoms with Gasteiger partial charge in [-0.2, -0.15) is 5.10 Å². The summed E-state index contributed by atoms with van der Waals surface area (Å²) in [5, 5.41) is 7.28. The first-order valence-corrected chi connectivity index (χ1v) is 20.3. The first kappa shape index (κ1) is 35.9. The number of hydrazone groups is 1. The van der Waals surface area contributed by atoms with Gasteiger partial charge in [0.25, 0.3) is 0 Å². The van der Waals surface area contributed by atoms with E-state index in [0.29, 0.717) is 0 Å². The van der Waals surface area contributed by atoms with Gasteiger partial charge in [0, 0.05) is 39.0 Å². The summed E-state index contributed by atoms with van der Waals surface area (Å²) in [6.07, 6.45) is 0. The molecule has 1 aliphatic carbocycles. The van der Waals surface area contributed by atoms with Crippen molar-refractivity contribution in [3.63, 3.8) is 0 Å². The smallest absolute Gasteiger partial charge is 0.0977 e. The normalized spacial score (nSPS) is 12.4. The van der Waals surface area contributed by atoms with E-state index in [1.807, 2.05) is 12.1 Å². The molecular formula is C56H43N3. The highest BCUT2D eigenvalue weighted by Crippen LogP contribution is 2.50. The van der Waals surface area contributed by atoms with E-state index in [1.165, 1.54) is 38.9 Å². The molecule has 0 amide bonds. The zero-order chi connectivity index (χ0) is 39.8. The van der Waals surface area contributed by atoms with Crippen LogP contribution in [0, 0.1) is 0 Å². The minimum absolute atomic E-state index is 0.104. The van der Waals surface area contributed by atoms with E-state index in [4.69, 9.17) is 5.10 Å². The van der Waals surface area contributed by atoms with Crippen molar-refractivity contribution in [3.05, 3.63) is 241 Å². The molecule has 3 heteroatoms. The van der Waals surface area contributed by atoms with Crippen molar-refractivity contribution >= 4 is 39.2 Å². The third-order valence-electron chi connectivity index (χ3n) is 11.8. The van der Waals surface area contributed by atoms with Crippen LogP contribution in [0.25, 0.3) is 44.2 Å². The monoisotopic (exact) mass is 757 g/mol. The maximum atomic E-state index is 5.00. The molecule has 59 heavy (non-hydrogen) atoms. The molecule has 0 bridgehead atoms. The molecule has 0 aromatic heterocycles. The lowest BCUT2D eigenvalue weighted by Crippen LogP contribution is -2.16. The number of nitrogens with zero attached hydrogens (tertiary/aromatic N) is 2. The van der Waals surface area contributed by atoms with Crippen molar-refractivity contribution in [2.24, 2.45) is 5.10 Å². The SMILES string of the molecule is CC1(C)c2ccccc2-c2ccc(N(c3ccc(-c4ccccc4)cc3)c3ccc(-c4cccc5c(NN=C(c6ccccc6)c6ccccc6)cccc45)cc3)cc21. The highest BCUT2D eigenvalue weighted by molar-refractivity contribution is 6.13. The highest BCUT2D eigenvalue weighted by Gasteiger charge is 2.35. The van der Waals surface area contributed by atoms with E-state index in [0.717, 1.165) is 55.9 Å². The third-order valence-corrected chi connectivity index (χ3v) is 11.8. The van der Waals surface area contributed by atoms with E-state index < -0.39 is 0 Å². The lowest BCUT2D eigenvalue weighted by molar-refractivity contribution is 0.660. The first-order valence-electron chi connectivity index (χ1n) is 20.3. The Balaban J connectivity index is 1.02. The van der Waals surface area contributed by atoms with Gasteiger partial charge in [-0.25, -0.2) is 0 Å². The summed E-state index contributed by atoms with van der Waals surface area (Å²) >= 11 is 0. The standard InChI is InChI=1S/C56H43N3/c1-56(2)52-26-13-12-22-49(52)50-37-36-46(38-53(50)56)59(44-32-28-40(29-33-44)39-16-6-3-7-17-39)45-34-30-41(31-35-45)47-23-14-25-51-48(47)24-15-27-54(51)57-58-55(42-18-8-4-9-19-42)43-20-10-5-11-21-43/h3-38,57H,1-2H3. The zero-order valence-electron chi connectivity index (χ0n) is 33.2. The van der Waals surface area contributed by atoms with Crippen LogP contribution in [0.1, 0.15) is 36.1 Å². The lowest BCUT2D eigenvalue weighted by atomic mass is 9.82. The molecule has 0 aliphatic heterocycles. The molecule has 0 atom stereocenters. The minimum atomic E-state index is -0.104. The maximum absolute atomic E-state index is 5.00. The van der Waals surface area contributed by atoms with E-state index >= 15 is 0 Å². The summed E-state index contributed by atoms with van der Waals surface area (Å²) in [5.74, 6) is 0. The molecule has 10 rings (SSSR count). The van der Waals surface area contributed by atoms with Gasteiger partial charge in [0.1, 0.15) is 0 Å². The predicted molar refractivity (Wildman–Crippen MR) is 249 cm³/mol. The Morgan fingerprint density at radius 3 is 1.59 bits per heavy atom. The molecule has 282 valence electrons. The Kier molecular flexibility index (Phi) is 9.19. The van der Waals surface area contributed by atoms with Crippen LogP contribution in [0.15, 0.2) is 223 Å². The molecule has 0 radical (unpaired) electrons. The Hall–Kier alpha value is -7.49. The molecular weight excluding hydrogens is 715 g/mol. The van der Waals surface area contributed by atoms with Crippen LogP contribution in [-0.2, 0) is 5.41 Å². The number of benzene rings is 9. The summed E-state index contributed by atoms with van der Waals surface area (Å²) in [6, 6.07) is 78.0. The molecule has 1 aliphatic rings. The molecule has 3 nitrogen and oxygen atoms in total. The molecule has 9 aromatic carbocycles. The second kappa shape index (κ2) is 15.1. The first-order chi connectivity index (χ1) is 29.0. The predicted octanol–water partition coefficient (Wildman–Crippen LogP) is 14.8. The Morgan fingerprint density at radius 1 is 0.407 bits per heavy atom. The fourth-order valence-corrected chi connectivity index (χ4v) is 8.77. The van der Waals surface area contributed by atoms with E-state index in [-0.39, 0.29) is 5.41 Å². The topological polar surface area (TPSA) is 27.6 Å². The number of hydrogen-bond acceptors (Lipinski definition) is 3. The fraction of sp³-hybridized carbons (Fsp3) is 0.0536. The van der Waals surface area contributed by atoms with Crippen LogP contribution >= 0.6 is 0 Å². The van der Waals surface area contributed by atoms with Gasteiger partial charge in [-0.15, -0.1) is 0 Å². The summed E-state index contributed by atoms with van der Waals surface area (Å²) in [7, 11) is 0. The van der Waals surface area contributed by atoms with Gasteiger partial charge in [0.2, 0.25) is 0 Å². The molecule has 0 saturated heterocycles. The van der Waals surface area contributed by atoms with Crippen LogP contribution in [-0.4, -0.2) is 5.71 Å². The van der Waals surface area contributed by atoms with Gasteiger partial charge in [-0.05, 0) is 92.4 Å². The zero-order valence-corrected chi connectivity index (χ0v) is 33.2. The molecule has 0 saturated carbocycles. The third kappa shape index (κ3) is 6.67. The quantitative estimate of drug-likeness (QED) is 0.117. The molecule has 1 N–H and O–H groups in total. The van der Waals surface area contributed by atoms with Crippen LogP contribution in [0.5, 0.6) is 0 Å². The average molecular weight is 758 g/mol. The van der Waals surface area contributed by atoms with Crippen molar-refractivity contribution in [1.82, 2.24) is 0 Å². The van der Waals surface area contributed by atoms with Crippen LogP contribution in [0.2, 0.25) is 0 Å². The summed E-state index contributed by atoms with van der Waals surface area (Å²) in [4.78, 5) is 2.39. The average Bonchev–Trinajstić information content (AvgIpc) is 3.53. The van der Waals surface area contributed by atoms with Crippen LogP contribution in [0.3, 0.4) is 0 Å². The lowest BCUT2D eigenvalue weighted by Gasteiger charge is -2.28. The van der Waals surface area contributed by atoms with E-state index in [9.17, 15) is 0 Å². The van der Waals surface area contributed by atoms with Crippen LogP contribution in [0.4, 0.5) is 22.7 Å². The Labute approximate surface area is 346 Å². The molecule has 0 spiro atoms. The van der Waals surface area contributed by atoms with Crippen molar-refractivity contribution in [2.45, 2.75) is 19.3 Å². The van der Waals surface area contributed by atoms with Gasteiger partial charge in [-0.3, -0.25) is 5.43 Å². The summed E-state index contributed by atoms with van der Waals surface area (Å²) in [5.41, 5.74) is 20.8. The van der Waals surface area contributed by atoms with Gasteiger partial charge >= 0.3 is 0 Å². The Bertz CT molecular complexity index is 2910. The maximum Gasteiger partial charge on any atom is 0.0977 e. The molecule has 0 heterocycles. The minimum Gasteiger partial charge on any atom is -0.310 e. The molecule has 9 aromatic rings. The van der Waals surface area contributed by atoms with E-state index in [1.54, 1.807) is 0 Å². The van der Waals surface area contributed by atoms with E-state index in [2.05, 4.69) is 230 Å². The highest BCUT2D eigenvalue weighted by atomic mass is 15.3. The van der Waals surface area contributed by atoms with Crippen molar-refractivity contribution in [2.75, 3.05) is 10.3 Å². The van der Waals surface area contributed by atoms with Crippen molar-refractivity contribution in [3.8, 4) is 33.4 Å². The number of anilines is 4. The number of nitrogens with one attached hydrogen (secondary N) is 1. The summed E-state index contributed by atoms with van der Waals surface area (Å²) < 4.78 is 0. The van der Waals surface area contributed by atoms with Crippen molar-refractivity contribution in [1.29, 1.82) is 0 Å². The van der Waals surface area contributed by atoms with Gasteiger partial charge in [0.05, 0.1) is 11.4 Å². The Morgan fingerprint density at radius 2 is 0.915 bits per heavy atom. The van der Waals surface area contributed by atoms with Crippen molar-refractivity contribution < 1.29 is 0 Å².